The predicted octanol–water partition coefficient (Wildman–Crippen LogP) is 9.91. The van der Waals surface area contributed by atoms with Crippen molar-refractivity contribution in [2.75, 3.05) is 105 Å². The van der Waals surface area contributed by atoms with E-state index in [1.165, 1.54) is 28.9 Å². The number of alkyl halides is 1. The number of carboxylic acid groups (broad SMARTS) is 1. The number of aliphatic carboxylic acids is 1. The fourth-order valence-corrected chi connectivity index (χ4v) is 13.0. The second-order valence-corrected chi connectivity index (χ2v) is 34.5. The summed E-state index contributed by atoms with van der Waals surface area (Å²) >= 11 is 4.67. The Balaban J connectivity index is -0.000000221. The number of likely N-dealkylation sites (tertiary alicyclic amines) is 4. The summed E-state index contributed by atoms with van der Waals surface area (Å²) in [6, 6.07) is 31.4. The van der Waals surface area contributed by atoms with E-state index in [1.54, 1.807) is 43.8 Å². The molecule has 2 amide bonds. The van der Waals surface area contributed by atoms with Gasteiger partial charge in [0.15, 0.2) is 0 Å². The summed E-state index contributed by atoms with van der Waals surface area (Å²) in [5, 5.41) is 9.12. The molecule has 4 fully saturated rings. The van der Waals surface area contributed by atoms with Crippen molar-refractivity contribution in [3.8, 4) is 0 Å². The van der Waals surface area contributed by atoms with E-state index in [0.717, 1.165) is 52.5 Å². The third kappa shape index (κ3) is 51.6. The molecular formula is C77H135ClN5NaO16S6Si. The van der Waals surface area contributed by atoms with Crippen molar-refractivity contribution in [1.29, 1.82) is 0 Å². The molecule has 4 heterocycles. The van der Waals surface area contributed by atoms with Crippen LogP contribution in [0.5, 0.6) is 0 Å². The van der Waals surface area contributed by atoms with E-state index in [1.807, 2.05) is 88.3 Å². The van der Waals surface area contributed by atoms with Crippen LogP contribution in [0.3, 0.4) is 0 Å². The molecular weight excluding hydrogens is 1530 g/mol. The van der Waals surface area contributed by atoms with Gasteiger partial charge in [-0.05, 0) is 123 Å². The van der Waals surface area contributed by atoms with Gasteiger partial charge in [-0.3, -0.25) is 33.9 Å². The predicted molar refractivity (Wildman–Crippen MR) is 456 cm³/mol. The van der Waals surface area contributed by atoms with E-state index in [4.69, 9.17) is 38.3 Å². The SMILES string of the molecule is C/C=C/C(=O)OCC.CCC(=O)[C@@H]1CN(C(=O)OC(C)(C)C)C[C@H]1C.CCOC(=O)C1CN(Cc2ccccc2)CC1C.CCOC(=O)[C@@H]1CN(C(=O)OC(C)(C)C)C[C@H]1C.CCOC(=O)[C@@H]1CN(Cc2ccccc2)C[C@H]1C.COCN(Cc1ccccc1)C[Si](C)(C)C.O=C([O-])CCl.S.S.S.S.S.S.[Na+]. The number of ketones is 1. The molecule has 4 saturated heterocycles. The van der Waals surface area contributed by atoms with Gasteiger partial charge in [0, 0.05) is 97.5 Å². The van der Waals surface area contributed by atoms with Crippen LogP contribution in [0.15, 0.2) is 103 Å². The van der Waals surface area contributed by atoms with Gasteiger partial charge in [0.2, 0.25) is 0 Å². The van der Waals surface area contributed by atoms with Gasteiger partial charge in [-0.2, -0.15) is 81.0 Å². The van der Waals surface area contributed by atoms with Crippen LogP contribution in [-0.2, 0) is 81.6 Å². The van der Waals surface area contributed by atoms with Crippen molar-refractivity contribution in [1.82, 2.24) is 24.5 Å². The number of halogens is 1. The van der Waals surface area contributed by atoms with Crippen molar-refractivity contribution in [3.63, 3.8) is 0 Å². The quantitative estimate of drug-likeness (QED) is 0.0241. The first-order valence-electron chi connectivity index (χ1n) is 35.3. The molecule has 0 bridgehead atoms. The molecule has 3 aromatic carbocycles. The molecule has 30 heteroatoms. The molecule has 4 aliphatic rings. The van der Waals surface area contributed by atoms with Gasteiger partial charge in [-0.1, -0.05) is 151 Å². The van der Waals surface area contributed by atoms with Crippen molar-refractivity contribution in [2.24, 2.45) is 47.3 Å². The minimum absolute atomic E-state index is 0. The van der Waals surface area contributed by atoms with Gasteiger partial charge in [0.05, 0.1) is 70.8 Å². The summed E-state index contributed by atoms with van der Waals surface area (Å²) in [4.78, 5) is 101. The number of benzene rings is 3. The average Bonchev–Trinajstić information content (AvgIpc) is 1.56. The molecule has 0 radical (unpaired) electrons. The standard InChI is InChI=1S/2C15H21NO2.C13H23NO4.C13H23NO3.C13H23NOSi.C6H10O2.C2H3ClO2.Na.6H2S/c2*1-3-18-15(17)14-11-16(9-12(14)2)10-13-7-5-4-6-8-13;1-6-17-11(15)10-8-14(7-9(10)2)12(16)18-13(3,4)5;1-6-11(15)10-8-14(7-9(10)2)12(16)17-13(3,4)5;1-15-11-14(12-16(2,3)4)10-13-8-6-5-7-9-13;1-3-5-6(7)8-4-2;3-1-2(4)5;;;;;;;/h2*4-8,12,14H,3,9-11H2,1-2H3;9-10H,6-8H2,1-5H3;9-10H,6-8H2,1-5H3;5-9H,10-12H2,1-4H3;3,5H,4H2,1-2H3;1H2,(H,4,5);;6*1H2/q;;;;;;;+1;;;;;;/p-1/b;;;;;5-3+;;;;;;;;/t12-,14-;;2*9-,10-;;;;;;;;;;/m1.11........../s1. The zero-order valence-corrected chi connectivity index (χ0v) is 77.8. The molecule has 3 aromatic rings. The zero-order valence-electron chi connectivity index (χ0n) is 68.0. The van der Waals surface area contributed by atoms with Gasteiger partial charge in [0.25, 0.3) is 0 Å². The fourth-order valence-electron chi connectivity index (χ4n) is 11.5. The fraction of sp³-hybridized carbons (Fsp3) is 0.636. The molecule has 107 heavy (non-hydrogen) atoms. The topological polar surface area (TPSA) is 240 Å². The van der Waals surface area contributed by atoms with Crippen molar-refractivity contribution < 1.29 is 106 Å². The first-order valence-corrected chi connectivity index (χ1v) is 39.5. The second kappa shape index (κ2) is 62.9. The second-order valence-electron chi connectivity index (χ2n) is 28.7. The van der Waals surface area contributed by atoms with E-state index < -0.39 is 31.1 Å². The molecule has 0 N–H and O–H groups in total. The van der Waals surface area contributed by atoms with E-state index in [9.17, 15) is 33.6 Å². The maximum atomic E-state index is 11.9. The average molecular weight is 1670 g/mol. The van der Waals surface area contributed by atoms with Crippen molar-refractivity contribution in [3.05, 3.63) is 120 Å². The van der Waals surface area contributed by atoms with Crippen LogP contribution in [0.25, 0.3) is 0 Å². The summed E-state index contributed by atoms with van der Waals surface area (Å²) in [5.41, 5.74) is 2.97. The Morgan fingerprint density at radius 2 is 0.832 bits per heavy atom. The molecule has 612 valence electrons. The number of ether oxygens (including phenoxy) is 7. The molecule has 0 aromatic heterocycles. The molecule has 0 spiro atoms. The maximum absolute atomic E-state index is 11.9. The Kier molecular flexibility index (Phi) is 68.6. The summed E-state index contributed by atoms with van der Waals surface area (Å²) in [6.07, 6.45) is 4.09. The number of rotatable bonds is 21. The third-order valence-corrected chi connectivity index (χ3v) is 17.5. The van der Waals surface area contributed by atoms with E-state index in [2.05, 4.69) is 143 Å². The number of carboxylic acids is 1. The Morgan fingerprint density at radius 1 is 0.514 bits per heavy atom. The van der Waals surface area contributed by atoms with Crippen molar-refractivity contribution in [2.45, 2.75) is 168 Å². The Bertz CT molecular complexity index is 2840. The summed E-state index contributed by atoms with van der Waals surface area (Å²) in [6.45, 7) is 48.3. The number of esters is 4. The number of carbonyl (C=O) groups excluding carboxylic acids is 8. The van der Waals surface area contributed by atoms with Crippen LogP contribution >= 0.6 is 92.6 Å². The number of nitrogens with zero attached hydrogens (tertiary/aromatic N) is 5. The van der Waals surface area contributed by atoms with Crippen LogP contribution in [0.4, 0.5) is 9.59 Å². The Labute approximate surface area is 712 Å². The molecule has 8 atom stereocenters. The van der Waals surface area contributed by atoms with Crippen molar-refractivity contribution >= 4 is 148 Å². The third-order valence-electron chi connectivity index (χ3n) is 15.9. The monoisotopic (exact) mass is 1660 g/mol. The molecule has 0 aliphatic carbocycles. The van der Waals surface area contributed by atoms with Crippen LogP contribution in [0.2, 0.25) is 19.6 Å². The summed E-state index contributed by atoms with van der Waals surface area (Å²) in [7, 11) is 0.701. The summed E-state index contributed by atoms with van der Waals surface area (Å²) < 4.78 is 35.7. The van der Waals surface area contributed by atoms with Crippen LogP contribution in [-0.4, -0.2) is 196 Å². The Morgan fingerprint density at radius 3 is 1.13 bits per heavy atom. The maximum Gasteiger partial charge on any atom is 1.00 e. The number of carbonyl (C=O) groups is 8. The van der Waals surface area contributed by atoms with Gasteiger partial charge >= 0.3 is 65.6 Å². The molecule has 7 rings (SSSR count). The first kappa shape index (κ1) is 117. The number of methoxy groups -OCH3 is 1. The molecule has 0 saturated carbocycles. The van der Waals surface area contributed by atoms with Crippen LogP contribution in [0.1, 0.15) is 134 Å². The minimum atomic E-state index is -1.23. The van der Waals surface area contributed by atoms with Gasteiger partial charge in [-0.25, -0.2) is 14.4 Å². The number of allylic oxidation sites excluding steroid dienone is 1. The largest absolute Gasteiger partial charge is 1.00 e. The van der Waals surface area contributed by atoms with E-state index in [0.29, 0.717) is 70.9 Å². The first-order chi connectivity index (χ1) is 47.0. The van der Waals surface area contributed by atoms with E-state index in [-0.39, 0.29) is 188 Å². The smallest absolute Gasteiger partial charge is 0.549 e. The van der Waals surface area contributed by atoms with Crippen LogP contribution in [0, 0.1) is 47.3 Å². The number of amides is 2. The normalized spacial score (nSPS) is 19.0. The van der Waals surface area contributed by atoms with E-state index >= 15 is 0 Å². The van der Waals surface area contributed by atoms with Gasteiger partial charge in [0.1, 0.15) is 17.0 Å². The number of hydrogen-bond acceptors (Lipinski definition) is 19. The number of hydrogen-bond donors (Lipinski definition) is 0. The molecule has 2 unspecified atom stereocenters. The Hall–Kier alpha value is -3.59. The summed E-state index contributed by atoms with van der Waals surface area (Å²) in [5.74, 6) is -1.07. The van der Waals surface area contributed by atoms with Gasteiger partial charge in [-0.15, -0.1) is 11.6 Å². The number of Topliss-reactive ketones (excluding diaryl/α,β-unsaturated/α-hetero) is 1. The van der Waals surface area contributed by atoms with Gasteiger partial charge < -0.3 is 52.9 Å². The minimum Gasteiger partial charge on any atom is -0.549 e. The zero-order chi connectivity index (χ0) is 75.8. The van der Waals surface area contributed by atoms with Crippen LogP contribution < -0.4 is 34.7 Å². The molecule has 4 aliphatic heterocycles. The molecule has 21 nitrogen and oxygen atoms in total.